The minimum atomic E-state index is -0.0364. The van der Waals surface area contributed by atoms with Crippen molar-refractivity contribution in [3.8, 4) is 0 Å². The first-order chi connectivity index (χ1) is 7.80. The highest BCUT2D eigenvalue weighted by atomic mass is 35.5. The molecule has 0 amide bonds. The predicted octanol–water partition coefficient (Wildman–Crippen LogP) is 5.15. The first-order valence-corrected chi connectivity index (χ1v) is 6.32. The fourth-order valence-corrected chi connectivity index (χ4v) is 2.50. The zero-order valence-electron chi connectivity index (χ0n) is 10.4. The molecule has 3 heteroatoms. The van der Waals surface area contributed by atoms with Crippen molar-refractivity contribution in [1.82, 2.24) is 4.98 Å². The second-order valence-corrected chi connectivity index (χ2v) is 6.10. The van der Waals surface area contributed by atoms with Gasteiger partial charge < -0.3 is 0 Å². The molecule has 0 radical (unpaired) electrons. The van der Waals surface area contributed by atoms with Crippen LogP contribution in [0.15, 0.2) is 18.2 Å². The van der Waals surface area contributed by atoms with Crippen LogP contribution in [0.2, 0.25) is 10.2 Å². The Morgan fingerprint density at radius 2 is 1.76 bits per heavy atom. The van der Waals surface area contributed by atoms with Crippen LogP contribution in [-0.2, 0) is 5.41 Å². The summed E-state index contributed by atoms with van der Waals surface area (Å²) in [6.07, 6.45) is 0. The number of halogens is 2. The van der Waals surface area contributed by atoms with Gasteiger partial charge in [-0.25, -0.2) is 4.98 Å². The molecule has 0 aliphatic carbocycles. The predicted molar refractivity (Wildman–Crippen MR) is 75.2 cm³/mol. The van der Waals surface area contributed by atoms with E-state index >= 15 is 0 Å². The lowest BCUT2D eigenvalue weighted by Gasteiger charge is -2.21. The lowest BCUT2D eigenvalue weighted by atomic mass is 9.87. The molecule has 0 bridgehead atoms. The van der Waals surface area contributed by atoms with Crippen molar-refractivity contribution in [2.75, 3.05) is 0 Å². The molecule has 1 nitrogen and oxygen atoms in total. The molecule has 90 valence electrons. The maximum absolute atomic E-state index is 6.26. The molecule has 2 aromatic rings. The standard InChI is InChI=1S/C14H15Cl2N/c1-8-5-6-11(15)9-7-10(14(2,3)4)13(16)17-12(8)9/h5-7H,1-4H3. The Bertz CT molecular complexity index is 583. The molecular formula is C14H15Cl2N. The summed E-state index contributed by atoms with van der Waals surface area (Å²) in [6.45, 7) is 8.36. The maximum Gasteiger partial charge on any atom is 0.133 e. The van der Waals surface area contributed by atoms with Gasteiger partial charge >= 0.3 is 0 Å². The second-order valence-electron chi connectivity index (χ2n) is 5.34. The summed E-state index contributed by atoms with van der Waals surface area (Å²) in [6, 6.07) is 5.92. The molecule has 1 aromatic carbocycles. The first kappa shape index (κ1) is 12.7. The van der Waals surface area contributed by atoms with Crippen LogP contribution >= 0.6 is 23.2 Å². The van der Waals surface area contributed by atoms with Crippen LogP contribution in [0.3, 0.4) is 0 Å². The van der Waals surface area contributed by atoms with Gasteiger partial charge in [-0.05, 0) is 35.6 Å². The van der Waals surface area contributed by atoms with Gasteiger partial charge in [0.2, 0.25) is 0 Å². The average Bonchev–Trinajstić information content (AvgIpc) is 2.21. The molecule has 2 rings (SSSR count). The first-order valence-electron chi connectivity index (χ1n) is 5.56. The van der Waals surface area contributed by atoms with Crippen molar-refractivity contribution in [1.29, 1.82) is 0 Å². The molecule has 0 saturated carbocycles. The number of pyridine rings is 1. The van der Waals surface area contributed by atoms with Crippen molar-refractivity contribution in [3.05, 3.63) is 39.5 Å². The van der Waals surface area contributed by atoms with Gasteiger partial charge in [-0.3, -0.25) is 0 Å². The van der Waals surface area contributed by atoms with Crippen molar-refractivity contribution in [3.63, 3.8) is 0 Å². The van der Waals surface area contributed by atoms with Crippen molar-refractivity contribution >= 4 is 34.1 Å². The lowest BCUT2D eigenvalue weighted by molar-refractivity contribution is 0.589. The van der Waals surface area contributed by atoms with E-state index in [1.807, 2.05) is 19.1 Å². The van der Waals surface area contributed by atoms with Crippen LogP contribution in [0.1, 0.15) is 31.9 Å². The topological polar surface area (TPSA) is 12.9 Å². The van der Waals surface area contributed by atoms with Gasteiger partial charge in [0.05, 0.1) is 5.52 Å². The SMILES string of the molecule is Cc1ccc(Cl)c2cc(C(C)(C)C)c(Cl)nc12. The summed E-state index contributed by atoms with van der Waals surface area (Å²) < 4.78 is 0. The van der Waals surface area contributed by atoms with Gasteiger partial charge in [-0.1, -0.05) is 50.0 Å². The lowest BCUT2D eigenvalue weighted by Crippen LogP contribution is -2.12. The van der Waals surface area contributed by atoms with E-state index in [1.54, 1.807) is 0 Å². The second kappa shape index (κ2) is 4.15. The molecule has 0 unspecified atom stereocenters. The third kappa shape index (κ3) is 2.27. The smallest absolute Gasteiger partial charge is 0.133 e. The van der Waals surface area contributed by atoms with Gasteiger partial charge in [0, 0.05) is 10.4 Å². The monoisotopic (exact) mass is 267 g/mol. The highest BCUT2D eigenvalue weighted by molar-refractivity contribution is 6.36. The van der Waals surface area contributed by atoms with Gasteiger partial charge in [0.1, 0.15) is 5.15 Å². The molecular weight excluding hydrogens is 253 g/mol. The minimum absolute atomic E-state index is 0.0364. The van der Waals surface area contributed by atoms with Crippen molar-refractivity contribution in [2.45, 2.75) is 33.1 Å². The van der Waals surface area contributed by atoms with Crippen molar-refractivity contribution in [2.24, 2.45) is 0 Å². The molecule has 0 atom stereocenters. The molecule has 0 spiro atoms. The molecule has 0 saturated heterocycles. The summed E-state index contributed by atoms with van der Waals surface area (Å²) in [7, 11) is 0. The maximum atomic E-state index is 6.26. The Labute approximate surface area is 112 Å². The van der Waals surface area contributed by atoms with Crippen LogP contribution < -0.4 is 0 Å². The van der Waals surface area contributed by atoms with E-state index in [1.165, 1.54) is 0 Å². The fraction of sp³-hybridized carbons (Fsp3) is 0.357. The normalized spacial score (nSPS) is 12.1. The molecule has 0 aliphatic heterocycles. The number of rotatable bonds is 0. The number of nitrogens with zero attached hydrogens (tertiary/aromatic N) is 1. The summed E-state index contributed by atoms with van der Waals surface area (Å²) >= 11 is 12.5. The van der Waals surface area contributed by atoms with Gasteiger partial charge in [0.15, 0.2) is 0 Å². The third-order valence-corrected chi connectivity index (χ3v) is 3.51. The zero-order valence-corrected chi connectivity index (χ0v) is 11.9. The minimum Gasteiger partial charge on any atom is -0.235 e. The molecule has 1 heterocycles. The summed E-state index contributed by atoms with van der Waals surface area (Å²) in [5, 5.41) is 2.26. The highest BCUT2D eigenvalue weighted by Crippen LogP contribution is 2.34. The Kier molecular flexibility index (Phi) is 3.09. The number of hydrogen-bond donors (Lipinski definition) is 0. The van der Waals surface area contributed by atoms with Crippen LogP contribution in [-0.4, -0.2) is 4.98 Å². The van der Waals surface area contributed by atoms with Crippen LogP contribution in [0.5, 0.6) is 0 Å². The summed E-state index contributed by atoms with van der Waals surface area (Å²) in [5.74, 6) is 0. The van der Waals surface area contributed by atoms with Crippen molar-refractivity contribution < 1.29 is 0 Å². The zero-order chi connectivity index (χ0) is 12.8. The van der Waals surface area contributed by atoms with Gasteiger partial charge in [-0.15, -0.1) is 0 Å². The van der Waals surface area contributed by atoms with E-state index in [-0.39, 0.29) is 5.41 Å². The summed E-state index contributed by atoms with van der Waals surface area (Å²) in [4.78, 5) is 4.48. The number of benzene rings is 1. The van der Waals surface area contributed by atoms with Gasteiger partial charge in [-0.2, -0.15) is 0 Å². The average molecular weight is 268 g/mol. The molecule has 1 aromatic heterocycles. The molecule has 0 N–H and O–H groups in total. The number of hydrogen-bond acceptors (Lipinski definition) is 1. The largest absolute Gasteiger partial charge is 0.235 e. The Balaban J connectivity index is 2.85. The Morgan fingerprint density at radius 1 is 1.12 bits per heavy atom. The Hall–Kier alpha value is -0.790. The molecule has 17 heavy (non-hydrogen) atoms. The fourth-order valence-electron chi connectivity index (χ4n) is 1.87. The molecule has 0 fully saturated rings. The van der Waals surface area contributed by atoms with E-state index in [0.717, 1.165) is 27.1 Å². The van der Waals surface area contributed by atoms with E-state index in [0.29, 0.717) is 5.15 Å². The highest BCUT2D eigenvalue weighted by Gasteiger charge is 2.20. The Morgan fingerprint density at radius 3 is 2.35 bits per heavy atom. The summed E-state index contributed by atoms with van der Waals surface area (Å²) in [5.41, 5.74) is 2.96. The van der Waals surface area contributed by atoms with E-state index in [2.05, 4.69) is 31.8 Å². The van der Waals surface area contributed by atoms with E-state index < -0.39 is 0 Å². The van der Waals surface area contributed by atoms with E-state index in [4.69, 9.17) is 23.2 Å². The number of aromatic nitrogens is 1. The quantitative estimate of drug-likeness (QED) is 0.602. The number of aryl methyl sites for hydroxylation is 1. The third-order valence-electron chi connectivity index (χ3n) is 2.89. The van der Waals surface area contributed by atoms with Crippen LogP contribution in [0, 0.1) is 6.92 Å². The van der Waals surface area contributed by atoms with Crippen LogP contribution in [0.4, 0.5) is 0 Å². The molecule has 0 aliphatic rings. The van der Waals surface area contributed by atoms with Crippen LogP contribution in [0.25, 0.3) is 10.9 Å². The van der Waals surface area contributed by atoms with E-state index in [9.17, 15) is 0 Å². The van der Waals surface area contributed by atoms with Gasteiger partial charge in [0.25, 0.3) is 0 Å². The number of fused-ring (bicyclic) bond motifs is 1.